The summed E-state index contributed by atoms with van der Waals surface area (Å²) in [5.41, 5.74) is 1.87. The van der Waals surface area contributed by atoms with Crippen LogP contribution >= 0.6 is 0 Å². The Bertz CT molecular complexity index is 1070. The van der Waals surface area contributed by atoms with Crippen molar-refractivity contribution in [3.63, 3.8) is 0 Å². The molecule has 0 aliphatic carbocycles. The third-order valence-corrected chi connectivity index (χ3v) is 6.03. The number of anilines is 2. The molecule has 1 amide bonds. The molecule has 29 heavy (non-hydrogen) atoms. The van der Waals surface area contributed by atoms with E-state index in [-0.39, 0.29) is 17.7 Å². The van der Waals surface area contributed by atoms with E-state index >= 15 is 0 Å². The highest BCUT2D eigenvalue weighted by Gasteiger charge is 2.14. The average molecular weight is 440 g/mol. The second-order valence-electron chi connectivity index (χ2n) is 6.69. The highest BCUT2D eigenvalue weighted by Crippen LogP contribution is 2.18. The molecule has 0 spiro atoms. The van der Waals surface area contributed by atoms with Gasteiger partial charge in [-0.1, -0.05) is 25.1 Å². The van der Waals surface area contributed by atoms with Crippen LogP contribution in [-0.2, 0) is 20.0 Å². The highest BCUT2D eigenvalue weighted by molar-refractivity contribution is 7.92. The normalized spacial score (nSPS) is 12.8. The molecule has 0 fully saturated rings. The maximum Gasteiger partial charge on any atom is 0.251 e. The monoisotopic (exact) mass is 439 g/mol. The van der Waals surface area contributed by atoms with Gasteiger partial charge in [-0.25, -0.2) is 16.8 Å². The molecule has 158 valence electrons. The molecule has 8 nitrogen and oxygen atoms in total. The summed E-state index contributed by atoms with van der Waals surface area (Å²) in [5.74, 6) is -0.350. The fourth-order valence-electron chi connectivity index (χ4n) is 2.64. The van der Waals surface area contributed by atoms with Gasteiger partial charge in [-0.2, -0.15) is 0 Å². The summed E-state index contributed by atoms with van der Waals surface area (Å²) in [7, 11) is -6.80. The Balaban J connectivity index is 2.07. The number of sulfonamides is 2. The van der Waals surface area contributed by atoms with E-state index in [0.717, 1.165) is 11.8 Å². The van der Waals surface area contributed by atoms with Crippen molar-refractivity contribution in [1.29, 1.82) is 0 Å². The van der Waals surface area contributed by atoms with Crippen molar-refractivity contribution in [2.75, 3.05) is 21.5 Å². The number of benzene rings is 2. The summed E-state index contributed by atoms with van der Waals surface area (Å²) in [6.45, 7) is 3.57. The van der Waals surface area contributed by atoms with Gasteiger partial charge < -0.3 is 5.32 Å². The molecule has 0 bridgehead atoms. The van der Waals surface area contributed by atoms with Crippen LogP contribution in [-0.4, -0.2) is 34.8 Å². The molecule has 0 aromatic heterocycles. The summed E-state index contributed by atoms with van der Waals surface area (Å²) in [6, 6.07) is 12.6. The minimum Gasteiger partial charge on any atom is -0.346 e. The third kappa shape index (κ3) is 7.39. The van der Waals surface area contributed by atoms with Crippen LogP contribution in [0.4, 0.5) is 11.4 Å². The van der Waals surface area contributed by atoms with Gasteiger partial charge in [0.2, 0.25) is 20.0 Å². The molecule has 10 heteroatoms. The quantitative estimate of drug-likeness (QED) is 0.555. The fraction of sp³-hybridized carbons (Fsp3) is 0.316. The molecule has 0 heterocycles. The topological polar surface area (TPSA) is 121 Å². The highest BCUT2D eigenvalue weighted by atomic mass is 32.2. The number of carbonyl (C=O) groups is 1. The van der Waals surface area contributed by atoms with E-state index < -0.39 is 20.0 Å². The van der Waals surface area contributed by atoms with Crippen LogP contribution in [0.1, 0.15) is 42.2 Å². The summed E-state index contributed by atoms with van der Waals surface area (Å²) >= 11 is 0. The van der Waals surface area contributed by atoms with Crippen LogP contribution in [0.3, 0.4) is 0 Å². The standard InChI is InChI=1S/C19H25N3O5S2/c1-4-12-29(26,27)22-18-7-5-6-16(13-18)19(23)20-14(2)15-8-10-17(11-9-15)21-28(3,24)25/h5-11,13-14,21-22H,4,12H2,1-3H3,(H,20,23)/t14-/m0/s1. The molecule has 2 rings (SSSR count). The van der Waals surface area contributed by atoms with Crippen LogP contribution in [0.15, 0.2) is 48.5 Å². The van der Waals surface area contributed by atoms with Gasteiger partial charge in [0.05, 0.1) is 18.1 Å². The Hall–Kier alpha value is -2.59. The van der Waals surface area contributed by atoms with Crippen LogP contribution in [0, 0.1) is 0 Å². The summed E-state index contributed by atoms with van der Waals surface area (Å²) in [6.07, 6.45) is 1.56. The van der Waals surface area contributed by atoms with Gasteiger partial charge in [0, 0.05) is 16.9 Å². The molecule has 2 aromatic carbocycles. The molecule has 1 atom stereocenters. The average Bonchev–Trinajstić information content (AvgIpc) is 2.60. The zero-order valence-corrected chi connectivity index (χ0v) is 18.1. The van der Waals surface area contributed by atoms with Gasteiger partial charge in [-0.3, -0.25) is 14.2 Å². The number of hydrogen-bond acceptors (Lipinski definition) is 5. The van der Waals surface area contributed by atoms with Crippen molar-refractivity contribution in [1.82, 2.24) is 5.32 Å². The molecule has 3 N–H and O–H groups in total. The minimum atomic E-state index is -3.44. The first-order valence-electron chi connectivity index (χ1n) is 8.98. The first-order chi connectivity index (χ1) is 13.5. The fourth-order valence-corrected chi connectivity index (χ4v) is 4.33. The van der Waals surface area contributed by atoms with E-state index in [4.69, 9.17) is 0 Å². The Labute approximate surface area is 171 Å². The zero-order chi connectivity index (χ0) is 21.7. The number of hydrogen-bond donors (Lipinski definition) is 3. The SMILES string of the molecule is CCCS(=O)(=O)Nc1cccc(C(=O)N[C@@H](C)c2ccc(NS(C)(=O)=O)cc2)c1. The molecule has 0 unspecified atom stereocenters. The van der Waals surface area contributed by atoms with E-state index in [1.165, 1.54) is 6.07 Å². The third-order valence-electron chi connectivity index (χ3n) is 3.93. The lowest BCUT2D eigenvalue weighted by molar-refractivity contribution is 0.0940. The van der Waals surface area contributed by atoms with Crippen LogP contribution in [0.25, 0.3) is 0 Å². The van der Waals surface area contributed by atoms with Crippen molar-refractivity contribution in [3.8, 4) is 0 Å². The Morgan fingerprint density at radius 3 is 2.21 bits per heavy atom. The van der Waals surface area contributed by atoms with Gasteiger partial charge in [0.15, 0.2) is 0 Å². The number of amides is 1. The van der Waals surface area contributed by atoms with Crippen LogP contribution in [0.2, 0.25) is 0 Å². The lowest BCUT2D eigenvalue weighted by atomic mass is 10.1. The molecule has 0 radical (unpaired) electrons. The van der Waals surface area contributed by atoms with Crippen molar-refractivity contribution in [3.05, 3.63) is 59.7 Å². The van der Waals surface area contributed by atoms with Crippen molar-refractivity contribution < 1.29 is 21.6 Å². The second-order valence-corrected chi connectivity index (χ2v) is 10.3. The van der Waals surface area contributed by atoms with E-state index in [9.17, 15) is 21.6 Å². The minimum absolute atomic E-state index is 0.00461. The maximum atomic E-state index is 12.5. The lowest BCUT2D eigenvalue weighted by Gasteiger charge is -2.16. The Kier molecular flexibility index (Phi) is 7.26. The van der Waals surface area contributed by atoms with Gasteiger partial charge in [0.25, 0.3) is 5.91 Å². The largest absolute Gasteiger partial charge is 0.346 e. The Morgan fingerprint density at radius 1 is 0.966 bits per heavy atom. The zero-order valence-electron chi connectivity index (χ0n) is 16.5. The van der Waals surface area contributed by atoms with Crippen LogP contribution in [0.5, 0.6) is 0 Å². The molecule has 0 aliphatic heterocycles. The van der Waals surface area contributed by atoms with Gasteiger partial charge in [-0.15, -0.1) is 0 Å². The maximum absolute atomic E-state index is 12.5. The molecule has 0 aliphatic rings. The van der Waals surface area contributed by atoms with E-state index in [0.29, 0.717) is 23.4 Å². The smallest absolute Gasteiger partial charge is 0.251 e. The van der Waals surface area contributed by atoms with Crippen molar-refractivity contribution in [2.24, 2.45) is 0 Å². The number of nitrogens with one attached hydrogen (secondary N) is 3. The molecule has 2 aromatic rings. The second kappa shape index (κ2) is 9.27. The van der Waals surface area contributed by atoms with E-state index in [1.807, 2.05) is 0 Å². The van der Waals surface area contributed by atoms with Crippen molar-refractivity contribution in [2.45, 2.75) is 26.3 Å². The molecule has 0 saturated carbocycles. The lowest BCUT2D eigenvalue weighted by Crippen LogP contribution is -2.26. The first-order valence-corrected chi connectivity index (χ1v) is 12.5. The summed E-state index contributed by atoms with van der Waals surface area (Å²) in [4.78, 5) is 12.5. The summed E-state index contributed by atoms with van der Waals surface area (Å²) in [5, 5.41) is 2.84. The van der Waals surface area contributed by atoms with E-state index in [1.54, 1.807) is 56.3 Å². The Morgan fingerprint density at radius 2 is 1.62 bits per heavy atom. The summed E-state index contributed by atoms with van der Waals surface area (Å²) < 4.78 is 51.2. The molecule has 0 saturated heterocycles. The van der Waals surface area contributed by atoms with E-state index in [2.05, 4.69) is 14.8 Å². The number of rotatable bonds is 9. The van der Waals surface area contributed by atoms with Crippen LogP contribution < -0.4 is 14.8 Å². The first kappa shape index (κ1) is 22.7. The predicted octanol–water partition coefficient (Wildman–Crippen LogP) is 2.70. The van der Waals surface area contributed by atoms with Crippen molar-refractivity contribution >= 4 is 37.3 Å². The van der Waals surface area contributed by atoms with Gasteiger partial charge in [-0.05, 0) is 49.2 Å². The number of carbonyl (C=O) groups excluding carboxylic acids is 1. The predicted molar refractivity (Wildman–Crippen MR) is 115 cm³/mol. The van der Waals surface area contributed by atoms with Gasteiger partial charge in [0.1, 0.15) is 0 Å². The van der Waals surface area contributed by atoms with Gasteiger partial charge >= 0.3 is 0 Å². The molecular formula is C19H25N3O5S2. The molecular weight excluding hydrogens is 414 g/mol.